The predicted molar refractivity (Wildman–Crippen MR) is 103 cm³/mol. The first kappa shape index (κ1) is 19.5. The minimum absolute atomic E-state index is 0.167. The van der Waals surface area contributed by atoms with Crippen LogP contribution in [0.1, 0.15) is 18.1 Å². The lowest BCUT2D eigenvalue weighted by molar-refractivity contribution is -0.120. The molecule has 3 N–H and O–H groups in total. The summed E-state index contributed by atoms with van der Waals surface area (Å²) >= 11 is 1.48. The zero-order valence-corrected chi connectivity index (χ0v) is 15.5. The normalized spacial score (nSPS) is 11.9. The Kier molecular flexibility index (Phi) is 7.23. The molecular formula is C19H21N3O3S. The quantitative estimate of drug-likeness (QED) is 0.423. The van der Waals surface area contributed by atoms with E-state index in [1.54, 1.807) is 30.5 Å². The number of carbonyl (C=O) groups excluding carboxylic acids is 2. The number of carbonyl (C=O) groups is 2. The number of benzene rings is 2. The molecule has 0 saturated carbocycles. The SMILES string of the molecule is Cc1ccc(S[C@@H](C)C(=O)N/N=C\c2ccc(OCC(N)=O)cc2)cc1. The molecule has 0 bridgehead atoms. The maximum Gasteiger partial charge on any atom is 0.255 e. The molecule has 6 nitrogen and oxygen atoms in total. The summed E-state index contributed by atoms with van der Waals surface area (Å²) < 4.78 is 5.17. The first-order valence-corrected chi connectivity index (χ1v) is 8.89. The first-order chi connectivity index (χ1) is 12.4. The van der Waals surface area contributed by atoms with Crippen molar-refractivity contribution in [2.75, 3.05) is 6.61 Å². The second-order valence-electron chi connectivity index (χ2n) is 5.63. The van der Waals surface area contributed by atoms with Gasteiger partial charge in [-0.15, -0.1) is 11.8 Å². The van der Waals surface area contributed by atoms with E-state index in [-0.39, 0.29) is 17.8 Å². The van der Waals surface area contributed by atoms with Gasteiger partial charge in [0.15, 0.2) is 6.61 Å². The lowest BCUT2D eigenvalue weighted by Gasteiger charge is -2.09. The molecule has 0 aliphatic rings. The molecule has 2 aromatic carbocycles. The Labute approximate surface area is 156 Å². The third-order valence-electron chi connectivity index (χ3n) is 3.35. The molecule has 1 atom stereocenters. The van der Waals surface area contributed by atoms with Gasteiger partial charge in [-0.2, -0.15) is 5.10 Å². The molecule has 0 unspecified atom stereocenters. The fourth-order valence-electron chi connectivity index (χ4n) is 1.94. The van der Waals surface area contributed by atoms with E-state index in [4.69, 9.17) is 10.5 Å². The van der Waals surface area contributed by atoms with Crippen molar-refractivity contribution in [2.24, 2.45) is 10.8 Å². The van der Waals surface area contributed by atoms with E-state index in [9.17, 15) is 9.59 Å². The summed E-state index contributed by atoms with van der Waals surface area (Å²) in [5.74, 6) is -0.169. The Bertz CT molecular complexity index is 774. The van der Waals surface area contributed by atoms with Crippen LogP contribution in [0.25, 0.3) is 0 Å². The summed E-state index contributed by atoms with van der Waals surface area (Å²) in [6.07, 6.45) is 1.54. The maximum absolute atomic E-state index is 12.1. The van der Waals surface area contributed by atoms with Gasteiger partial charge in [-0.1, -0.05) is 17.7 Å². The van der Waals surface area contributed by atoms with Gasteiger partial charge in [0.2, 0.25) is 0 Å². The van der Waals surface area contributed by atoms with Crippen LogP contribution in [0.2, 0.25) is 0 Å². The van der Waals surface area contributed by atoms with Gasteiger partial charge in [0.1, 0.15) is 5.75 Å². The highest BCUT2D eigenvalue weighted by molar-refractivity contribution is 8.00. The van der Waals surface area contributed by atoms with Gasteiger partial charge in [0, 0.05) is 4.90 Å². The van der Waals surface area contributed by atoms with Crippen molar-refractivity contribution in [1.82, 2.24) is 5.43 Å². The molecule has 0 saturated heterocycles. The number of nitrogens with one attached hydrogen (secondary N) is 1. The highest BCUT2D eigenvalue weighted by Crippen LogP contribution is 2.23. The van der Waals surface area contributed by atoms with Crippen LogP contribution in [-0.4, -0.2) is 29.9 Å². The Morgan fingerprint density at radius 1 is 1.19 bits per heavy atom. The van der Waals surface area contributed by atoms with Crippen LogP contribution in [0.5, 0.6) is 5.75 Å². The van der Waals surface area contributed by atoms with Gasteiger partial charge in [0.25, 0.3) is 11.8 Å². The van der Waals surface area contributed by atoms with Crippen LogP contribution in [0.4, 0.5) is 0 Å². The topological polar surface area (TPSA) is 93.8 Å². The largest absolute Gasteiger partial charge is 0.484 e. The first-order valence-electron chi connectivity index (χ1n) is 8.01. The number of hydrogen-bond acceptors (Lipinski definition) is 5. The fraction of sp³-hybridized carbons (Fsp3) is 0.211. The highest BCUT2D eigenvalue weighted by atomic mass is 32.2. The number of hydrazone groups is 1. The molecule has 26 heavy (non-hydrogen) atoms. The molecule has 0 aliphatic carbocycles. The second kappa shape index (κ2) is 9.62. The molecule has 0 aliphatic heterocycles. The molecule has 0 spiro atoms. The van der Waals surface area contributed by atoms with Gasteiger partial charge in [-0.05, 0) is 55.8 Å². The number of thioether (sulfide) groups is 1. The third kappa shape index (κ3) is 6.60. The number of ether oxygens (including phenoxy) is 1. The Morgan fingerprint density at radius 3 is 2.46 bits per heavy atom. The molecule has 2 aromatic rings. The average Bonchev–Trinajstić information content (AvgIpc) is 2.62. The van der Waals surface area contributed by atoms with Gasteiger partial charge in [-0.3, -0.25) is 9.59 Å². The Hall–Kier alpha value is -2.80. The molecule has 7 heteroatoms. The van der Waals surface area contributed by atoms with Crippen LogP contribution < -0.4 is 15.9 Å². The van der Waals surface area contributed by atoms with Crippen LogP contribution in [-0.2, 0) is 9.59 Å². The van der Waals surface area contributed by atoms with Crippen molar-refractivity contribution in [2.45, 2.75) is 24.0 Å². The number of primary amides is 1. The van der Waals surface area contributed by atoms with E-state index in [1.165, 1.54) is 17.3 Å². The van der Waals surface area contributed by atoms with Gasteiger partial charge in [0.05, 0.1) is 11.5 Å². The summed E-state index contributed by atoms with van der Waals surface area (Å²) in [5, 5.41) is 3.71. The van der Waals surface area contributed by atoms with Crippen LogP contribution >= 0.6 is 11.8 Å². The Morgan fingerprint density at radius 2 is 1.85 bits per heavy atom. The summed E-state index contributed by atoms with van der Waals surface area (Å²) in [4.78, 5) is 23.8. The zero-order chi connectivity index (χ0) is 18.9. The number of rotatable bonds is 8. The van der Waals surface area contributed by atoms with E-state index < -0.39 is 5.91 Å². The number of hydrogen-bond donors (Lipinski definition) is 2. The number of aryl methyl sites for hydroxylation is 1. The summed E-state index contributed by atoms with van der Waals surface area (Å²) in [6.45, 7) is 3.69. The number of nitrogens with two attached hydrogens (primary N) is 1. The fourth-order valence-corrected chi connectivity index (χ4v) is 2.80. The minimum Gasteiger partial charge on any atom is -0.484 e. The van der Waals surface area contributed by atoms with E-state index in [1.807, 2.05) is 38.1 Å². The molecule has 0 fully saturated rings. The average molecular weight is 371 g/mol. The Balaban J connectivity index is 1.81. The molecule has 0 radical (unpaired) electrons. The lowest BCUT2D eigenvalue weighted by atomic mass is 10.2. The van der Waals surface area contributed by atoms with Crippen LogP contribution in [0.15, 0.2) is 58.5 Å². The number of amides is 2. The van der Waals surface area contributed by atoms with Crippen molar-refractivity contribution in [3.05, 3.63) is 59.7 Å². The molecule has 2 amide bonds. The third-order valence-corrected chi connectivity index (χ3v) is 4.46. The predicted octanol–water partition coefficient (Wildman–Crippen LogP) is 2.49. The van der Waals surface area contributed by atoms with Crippen molar-refractivity contribution in [1.29, 1.82) is 0 Å². The lowest BCUT2D eigenvalue weighted by Crippen LogP contribution is -2.26. The van der Waals surface area contributed by atoms with Gasteiger partial charge < -0.3 is 10.5 Å². The van der Waals surface area contributed by atoms with E-state index in [0.29, 0.717) is 5.75 Å². The van der Waals surface area contributed by atoms with Crippen molar-refractivity contribution < 1.29 is 14.3 Å². The second-order valence-corrected chi connectivity index (χ2v) is 7.05. The van der Waals surface area contributed by atoms with Gasteiger partial charge >= 0.3 is 0 Å². The summed E-state index contributed by atoms with van der Waals surface area (Å²) in [6, 6.07) is 14.9. The summed E-state index contributed by atoms with van der Waals surface area (Å²) in [5.41, 5.74) is 9.52. The van der Waals surface area contributed by atoms with Gasteiger partial charge in [-0.25, -0.2) is 5.43 Å². The van der Waals surface area contributed by atoms with Crippen molar-refractivity contribution in [3.63, 3.8) is 0 Å². The molecule has 2 rings (SSSR count). The molecular weight excluding hydrogens is 350 g/mol. The maximum atomic E-state index is 12.1. The molecule has 136 valence electrons. The van der Waals surface area contributed by atoms with Crippen molar-refractivity contribution >= 4 is 29.8 Å². The standard InChI is InChI=1S/C19H21N3O3S/c1-13-3-9-17(10-4-13)26-14(2)19(24)22-21-11-15-5-7-16(8-6-15)25-12-18(20)23/h3-11,14H,12H2,1-2H3,(H2,20,23)(H,22,24)/b21-11-/t14-/m0/s1. The highest BCUT2D eigenvalue weighted by Gasteiger charge is 2.13. The van der Waals surface area contributed by atoms with E-state index >= 15 is 0 Å². The monoisotopic (exact) mass is 371 g/mol. The smallest absolute Gasteiger partial charge is 0.255 e. The van der Waals surface area contributed by atoms with Crippen molar-refractivity contribution in [3.8, 4) is 5.75 Å². The van der Waals surface area contributed by atoms with E-state index in [0.717, 1.165) is 10.5 Å². The van der Waals surface area contributed by atoms with Crippen LogP contribution in [0, 0.1) is 6.92 Å². The molecule has 0 heterocycles. The minimum atomic E-state index is -0.532. The van der Waals surface area contributed by atoms with E-state index in [2.05, 4.69) is 10.5 Å². The van der Waals surface area contributed by atoms with Crippen LogP contribution in [0.3, 0.4) is 0 Å². The summed E-state index contributed by atoms with van der Waals surface area (Å²) in [7, 11) is 0. The molecule has 0 aromatic heterocycles. The zero-order valence-electron chi connectivity index (χ0n) is 14.6. The number of nitrogens with zero attached hydrogens (tertiary/aromatic N) is 1.